The fourth-order valence-corrected chi connectivity index (χ4v) is 2.71. The topological polar surface area (TPSA) is 34.1 Å². The second-order valence-corrected chi connectivity index (χ2v) is 5.33. The van der Waals surface area contributed by atoms with Crippen molar-refractivity contribution in [3.8, 4) is 5.75 Å². The molecule has 2 heterocycles. The minimum absolute atomic E-state index is 0.365. The third-order valence-corrected chi connectivity index (χ3v) is 3.80. The van der Waals surface area contributed by atoms with Crippen molar-refractivity contribution in [1.82, 2.24) is 10.3 Å². The molecule has 2 atom stereocenters. The van der Waals surface area contributed by atoms with Crippen LogP contribution in [0.4, 0.5) is 0 Å². The average molecular weight is 268 g/mol. The molecular weight excluding hydrogens is 248 g/mol. The van der Waals surface area contributed by atoms with E-state index in [9.17, 15) is 0 Å². The molecule has 0 amide bonds. The van der Waals surface area contributed by atoms with Gasteiger partial charge in [-0.15, -0.1) is 0 Å². The molecule has 0 aliphatic carbocycles. The summed E-state index contributed by atoms with van der Waals surface area (Å²) in [5, 5.41) is 3.66. The normalized spacial score (nSPS) is 21.1. The number of ether oxygens (including phenoxy) is 1. The van der Waals surface area contributed by atoms with Crippen LogP contribution in [-0.2, 0) is 6.42 Å². The molecule has 0 spiro atoms. The van der Waals surface area contributed by atoms with Crippen LogP contribution in [0.1, 0.15) is 24.2 Å². The Bertz CT molecular complexity index is 556. The lowest BCUT2D eigenvalue weighted by molar-refractivity contribution is 0.189. The van der Waals surface area contributed by atoms with Crippen LogP contribution in [0.3, 0.4) is 0 Å². The monoisotopic (exact) mass is 268 g/mol. The summed E-state index contributed by atoms with van der Waals surface area (Å²) in [6.07, 6.45) is 2.80. The Hall–Kier alpha value is -1.87. The molecule has 0 bridgehead atoms. The summed E-state index contributed by atoms with van der Waals surface area (Å²) >= 11 is 0. The van der Waals surface area contributed by atoms with Gasteiger partial charge in [0.15, 0.2) is 0 Å². The maximum Gasteiger partial charge on any atom is 0.124 e. The van der Waals surface area contributed by atoms with Crippen molar-refractivity contribution >= 4 is 0 Å². The summed E-state index contributed by atoms with van der Waals surface area (Å²) in [4.78, 5) is 4.36. The SMILES string of the molecule is CC1COc2ccccc2C1NCCc1ccccn1. The highest BCUT2D eigenvalue weighted by atomic mass is 16.5. The highest BCUT2D eigenvalue weighted by molar-refractivity contribution is 5.37. The summed E-state index contributed by atoms with van der Waals surface area (Å²) in [6, 6.07) is 14.7. The lowest BCUT2D eigenvalue weighted by Crippen LogP contribution is -2.35. The van der Waals surface area contributed by atoms with Gasteiger partial charge >= 0.3 is 0 Å². The second kappa shape index (κ2) is 6.06. The standard InChI is InChI=1S/C17H20N2O/c1-13-12-20-16-8-3-2-7-15(16)17(13)19-11-9-14-6-4-5-10-18-14/h2-8,10,13,17,19H,9,11-12H2,1H3. The fraction of sp³-hybridized carbons (Fsp3) is 0.353. The molecule has 0 radical (unpaired) electrons. The zero-order valence-corrected chi connectivity index (χ0v) is 11.8. The van der Waals surface area contributed by atoms with Crippen LogP contribution in [-0.4, -0.2) is 18.1 Å². The zero-order valence-electron chi connectivity index (χ0n) is 11.8. The molecule has 0 saturated heterocycles. The number of hydrogen-bond donors (Lipinski definition) is 1. The van der Waals surface area contributed by atoms with Crippen LogP contribution < -0.4 is 10.1 Å². The first-order valence-electron chi connectivity index (χ1n) is 7.19. The van der Waals surface area contributed by atoms with Gasteiger partial charge in [-0.1, -0.05) is 31.2 Å². The van der Waals surface area contributed by atoms with Gasteiger partial charge in [-0.25, -0.2) is 0 Å². The maximum atomic E-state index is 5.78. The second-order valence-electron chi connectivity index (χ2n) is 5.33. The van der Waals surface area contributed by atoms with Crippen LogP contribution in [0.25, 0.3) is 0 Å². The van der Waals surface area contributed by atoms with Gasteiger partial charge in [0.1, 0.15) is 5.75 Å². The third-order valence-electron chi connectivity index (χ3n) is 3.80. The molecule has 1 aliphatic heterocycles. The minimum atomic E-state index is 0.365. The van der Waals surface area contributed by atoms with Crippen LogP contribution in [0, 0.1) is 5.92 Å². The molecule has 20 heavy (non-hydrogen) atoms. The van der Waals surface area contributed by atoms with Crippen molar-refractivity contribution in [3.05, 3.63) is 59.9 Å². The van der Waals surface area contributed by atoms with Crippen molar-refractivity contribution in [2.75, 3.05) is 13.2 Å². The molecule has 1 aliphatic rings. The summed E-state index contributed by atoms with van der Waals surface area (Å²) in [5.41, 5.74) is 2.40. The molecule has 104 valence electrons. The summed E-state index contributed by atoms with van der Waals surface area (Å²) in [6.45, 7) is 3.94. The molecule has 0 saturated carbocycles. The molecule has 2 unspecified atom stereocenters. The molecule has 0 fully saturated rings. The van der Waals surface area contributed by atoms with Gasteiger partial charge in [0, 0.05) is 42.4 Å². The van der Waals surface area contributed by atoms with Gasteiger partial charge < -0.3 is 10.1 Å². The number of pyridine rings is 1. The average Bonchev–Trinajstić information content (AvgIpc) is 2.50. The van der Waals surface area contributed by atoms with E-state index >= 15 is 0 Å². The van der Waals surface area contributed by atoms with Crippen LogP contribution in [0.15, 0.2) is 48.7 Å². The van der Waals surface area contributed by atoms with E-state index in [1.165, 1.54) is 5.56 Å². The smallest absolute Gasteiger partial charge is 0.124 e. The quantitative estimate of drug-likeness (QED) is 0.925. The Morgan fingerprint density at radius 2 is 2.05 bits per heavy atom. The first-order chi connectivity index (χ1) is 9.84. The molecule has 1 N–H and O–H groups in total. The Morgan fingerprint density at radius 1 is 1.20 bits per heavy atom. The van der Waals surface area contributed by atoms with Crippen molar-refractivity contribution in [1.29, 1.82) is 0 Å². The number of fused-ring (bicyclic) bond motifs is 1. The first kappa shape index (κ1) is 13.1. The Morgan fingerprint density at radius 3 is 2.90 bits per heavy atom. The summed E-state index contributed by atoms with van der Waals surface area (Å²) < 4.78 is 5.78. The van der Waals surface area contributed by atoms with E-state index in [-0.39, 0.29) is 0 Å². The minimum Gasteiger partial charge on any atom is -0.493 e. The van der Waals surface area contributed by atoms with Gasteiger partial charge in [0.05, 0.1) is 6.61 Å². The number of benzene rings is 1. The number of nitrogens with zero attached hydrogens (tertiary/aromatic N) is 1. The van der Waals surface area contributed by atoms with E-state index in [2.05, 4.69) is 41.5 Å². The number of rotatable bonds is 4. The van der Waals surface area contributed by atoms with Crippen molar-refractivity contribution in [3.63, 3.8) is 0 Å². The van der Waals surface area contributed by atoms with E-state index in [1.54, 1.807) is 0 Å². The molecule has 3 rings (SSSR count). The molecule has 1 aromatic carbocycles. The molecule has 3 heteroatoms. The number of hydrogen-bond acceptors (Lipinski definition) is 3. The zero-order chi connectivity index (χ0) is 13.8. The highest BCUT2D eigenvalue weighted by Gasteiger charge is 2.26. The predicted molar refractivity (Wildman–Crippen MR) is 79.8 cm³/mol. The Balaban J connectivity index is 1.65. The predicted octanol–water partition coefficient (Wildman–Crippen LogP) is 2.98. The molecule has 3 nitrogen and oxygen atoms in total. The van der Waals surface area contributed by atoms with Crippen LogP contribution >= 0.6 is 0 Å². The van der Waals surface area contributed by atoms with E-state index in [0.29, 0.717) is 12.0 Å². The van der Waals surface area contributed by atoms with Gasteiger partial charge in [0.25, 0.3) is 0 Å². The van der Waals surface area contributed by atoms with Crippen LogP contribution in [0.5, 0.6) is 5.75 Å². The van der Waals surface area contributed by atoms with Gasteiger partial charge in [-0.2, -0.15) is 0 Å². The molecular formula is C17H20N2O. The van der Waals surface area contributed by atoms with Gasteiger partial charge in [0.2, 0.25) is 0 Å². The van der Waals surface area contributed by atoms with Crippen LogP contribution in [0.2, 0.25) is 0 Å². The lowest BCUT2D eigenvalue weighted by Gasteiger charge is -2.32. The Kier molecular flexibility index (Phi) is 3.97. The van der Waals surface area contributed by atoms with Crippen molar-refractivity contribution < 1.29 is 4.74 Å². The fourth-order valence-electron chi connectivity index (χ4n) is 2.71. The van der Waals surface area contributed by atoms with Gasteiger partial charge in [-0.3, -0.25) is 4.98 Å². The van der Waals surface area contributed by atoms with E-state index in [0.717, 1.165) is 31.0 Å². The lowest BCUT2D eigenvalue weighted by atomic mass is 9.92. The van der Waals surface area contributed by atoms with Crippen molar-refractivity contribution in [2.24, 2.45) is 5.92 Å². The molecule has 2 aromatic rings. The van der Waals surface area contributed by atoms with E-state index in [1.807, 2.05) is 24.4 Å². The molecule has 1 aromatic heterocycles. The summed E-state index contributed by atoms with van der Waals surface area (Å²) in [5.74, 6) is 1.49. The first-order valence-corrected chi connectivity index (χ1v) is 7.19. The Labute approximate surface area is 120 Å². The number of aromatic nitrogens is 1. The van der Waals surface area contributed by atoms with E-state index in [4.69, 9.17) is 4.74 Å². The highest BCUT2D eigenvalue weighted by Crippen LogP contribution is 2.34. The number of nitrogens with one attached hydrogen (secondary N) is 1. The maximum absolute atomic E-state index is 5.78. The van der Waals surface area contributed by atoms with Crippen molar-refractivity contribution in [2.45, 2.75) is 19.4 Å². The third kappa shape index (κ3) is 2.83. The number of para-hydroxylation sites is 1. The van der Waals surface area contributed by atoms with E-state index < -0.39 is 0 Å². The van der Waals surface area contributed by atoms with Gasteiger partial charge in [-0.05, 0) is 18.2 Å². The largest absolute Gasteiger partial charge is 0.493 e. The summed E-state index contributed by atoms with van der Waals surface area (Å²) in [7, 11) is 0.